The molecule has 10 nitrogen and oxygen atoms in total. The van der Waals surface area contributed by atoms with Crippen LogP contribution in [0.5, 0.6) is 0 Å². The van der Waals surface area contributed by atoms with Gasteiger partial charge in [0.15, 0.2) is 0 Å². The standard InChI is InChI=1S/C58H102N2O8/c1-6-9-12-15-17-19-21-23-25-27-29-31-33-35-38-43-54(61)65-49-52(50-66-55(62)44-39-36-34-32-30-28-26-24-22-20-18-16-13-10-7-2)51-67-56(63)58(4,5)53(42-37-14-11-8-3)68-57(64)59-45-48-60-46-40-41-47-60/h17-20,23-26,52-53H,6-16,21-22,27-51H2,1-5H3,(H,59,64)/b19-17-,20-18-,25-23-,26-24-. The summed E-state index contributed by atoms with van der Waals surface area (Å²) in [5.74, 6) is -1.66. The first-order valence-electron chi connectivity index (χ1n) is 27.9. The summed E-state index contributed by atoms with van der Waals surface area (Å²) in [6.07, 6.45) is 48.6. The second kappa shape index (κ2) is 44.8. The first-order valence-corrected chi connectivity index (χ1v) is 27.9. The van der Waals surface area contributed by atoms with Crippen LogP contribution in [0, 0.1) is 11.3 Å². The molecule has 392 valence electrons. The van der Waals surface area contributed by atoms with Gasteiger partial charge in [-0.15, -0.1) is 0 Å². The molecule has 1 amide bonds. The van der Waals surface area contributed by atoms with Crippen LogP contribution in [0.2, 0.25) is 0 Å². The Morgan fingerprint density at radius 2 is 0.941 bits per heavy atom. The van der Waals surface area contributed by atoms with Crippen LogP contribution >= 0.6 is 0 Å². The summed E-state index contributed by atoms with van der Waals surface area (Å²) in [6.45, 7) is 13.3. The number of nitrogens with zero attached hydrogens (tertiary/aromatic N) is 1. The number of carbonyl (C=O) groups is 4. The number of hydrogen-bond acceptors (Lipinski definition) is 9. The first kappa shape index (κ1) is 62.6. The predicted molar refractivity (Wildman–Crippen MR) is 282 cm³/mol. The van der Waals surface area contributed by atoms with E-state index in [-0.39, 0.29) is 31.8 Å². The summed E-state index contributed by atoms with van der Waals surface area (Å²) in [5, 5.41) is 2.88. The molecule has 1 aliphatic heterocycles. The quantitative estimate of drug-likeness (QED) is 0.0275. The lowest BCUT2D eigenvalue weighted by Crippen LogP contribution is -2.44. The number of nitrogens with one attached hydrogen (secondary N) is 1. The molecule has 68 heavy (non-hydrogen) atoms. The minimum Gasteiger partial charge on any atom is -0.465 e. The molecular weight excluding hydrogens is 853 g/mol. The summed E-state index contributed by atoms with van der Waals surface area (Å²) < 4.78 is 23.2. The molecule has 1 rings (SSSR count). The van der Waals surface area contributed by atoms with Crippen molar-refractivity contribution in [3.8, 4) is 0 Å². The summed E-state index contributed by atoms with van der Waals surface area (Å²) in [5.41, 5.74) is -1.14. The number of alkyl carbamates (subject to hydrolysis) is 1. The van der Waals surface area contributed by atoms with Crippen LogP contribution in [0.15, 0.2) is 48.6 Å². The zero-order valence-corrected chi connectivity index (χ0v) is 44.4. The van der Waals surface area contributed by atoms with E-state index in [9.17, 15) is 19.2 Å². The van der Waals surface area contributed by atoms with Gasteiger partial charge in [0, 0.05) is 25.9 Å². The summed E-state index contributed by atoms with van der Waals surface area (Å²) in [7, 11) is 0. The van der Waals surface area contributed by atoms with Crippen LogP contribution in [-0.2, 0) is 33.3 Å². The maximum atomic E-state index is 13.8. The van der Waals surface area contributed by atoms with Crippen LogP contribution in [0.25, 0.3) is 0 Å². The average Bonchev–Trinajstić information content (AvgIpc) is 3.85. The zero-order valence-electron chi connectivity index (χ0n) is 44.4. The number of esters is 3. The van der Waals surface area contributed by atoms with Crippen molar-refractivity contribution < 1.29 is 38.1 Å². The zero-order chi connectivity index (χ0) is 49.6. The molecule has 0 saturated carbocycles. The van der Waals surface area contributed by atoms with Gasteiger partial charge in [0.25, 0.3) is 0 Å². The monoisotopic (exact) mass is 955 g/mol. The van der Waals surface area contributed by atoms with Gasteiger partial charge in [0.1, 0.15) is 25.9 Å². The minimum absolute atomic E-state index is 0.0276. The number of hydrogen-bond donors (Lipinski definition) is 1. The van der Waals surface area contributed by atoms with Crippen LogP contribution in [-0.4, -0.2) is 81.0 Å². The van der Waals surface area contributed by atoms with Crippen molar-refractivity contribution in [3.63, 3.8) is 0 Å². The van der Waals surface area contributed by atoms with E-state index < -0.39 is 29.5 Å². The highest BCUT2D eigenvalue weighted by molar-refractivity contribution is 5.77. The van der Waals surface area contributed by atoms with Gasteiger partial charge in [-0.25, -0.2) is 4.79 Å². The topological polar surface area (TPSA) is 120 Å². The molecule has 0 aliphatic carbocycles. The van der Waals surface area contributed by atoms with Crippen molar-refractivity contribution in [2.24, 2.45) is 11.3 Å². The molecule has 1 aliphatic rings. The molecule has 0 bridgehead atoms. The summed E-state index contributed by atoms with van der Waals surface area (Å²) >= 11 is 0. The maximum absolute atomic E-state index is 13.8. The molecule has 0 aromatic rings. The molecule has 1 unspecified atom stereocenters. The molecule has 1 saturated heterocycles. The Labute approximate surface area is 416 Å². The fourth-order valence-electron chi connectivity index (χ4n) is 8.20. The fourth-order valence-corrected chi connectivity index (χ4v) is 8.20. The Morgan fingerprint density at radius 1 is 0.529 bits per heavy atom. The molecule has 0 radical (unpaired) electrons. The molecular formula is C58H102N2O8. The van der Waals surface area contributed by atoms with Crippen molar-refractivity contribution in [2.75, 3.05) is 46.0 Å². The number of unbranched alkanes of at least 4 members (excludes halogenated alkanes) is 19. The number of ether oxygens (including phenoxy) is 4. The van der Waals surface area contributed by atoms with Crippen molar-refractivity contribution >= 4 is 24.0 Å². The van der Waals surface area contributed by atoms with Crippen molar-refractivity contribution in [1.29, 1.82) is 0 Å². The lowest BCUT2D eigenvalue weighted by molar-refractivity contribution is -0.164. The Kier molecular flexibility index (Phi) is 41.2. The number of rotatable bonds is 45. The molecule has 0 aromatic heterocycles. The van der Waals surface area contributed by atoms with Crippen LogP contribution in [0.3, 0.4) is 0 Å². The van der Waals surface area contributed by atoms with E-state index in [0.29, 0.717) is 25.8 Å². The molecule has 1 heterocycles. The maximum Gasteiger partial charge on any atom is 0.407 e. The fraction of sp³-hybridized carbons (Fsp3) is 0.793. The predicted octanol–water partition coefficient (Wildman–Crippen LogP) is 15.0. The van der Waals surface area contributed by atoms with Crippen LogP contribution < -0.4 is 5.32 Å². The van der Waals surface area contributed by atoms with Gasteiger partial charge in [-0.2, -0.15) is 0 Å². The van der Waals surface area contributed by atoms with E-state index in [4.69, 9.17) is 18.9 Å². The summed E-state index contributed by atoms with van der Waals surface area (Å²) in [6, 6.07) is 0. The third-order valence-electron chi connectivity index (χ3n) is 12.9. The number of carbonyl (C=O) groups excluding carboxylic acids is 4. The SMILES string of the molecule is CCCCC/C=C\C/C=C\CCCCCCCC(=O)OCC(COC(=O)CCCCCCC/C=C\C/C=C\CCCCC)COC(=O)C(C)(C)C(CCCCCC)OC(=O)NCCN1CCCC1. The number of allylic oxidation sites excluding steroid dienone is 8. The van der Waals surface area contributed by atoms with Crippen LogP contribution in [0.1, 0.15) is 234 Å². The second-order valence-corrected chi connectivity index (χ2v) is 19.7. The number of likely N-dealkylation sites (tertiary alicyclic amines) is 1. The van der Waals surface area contributed by atoms with Crippen LogP contribution in [0.4, 0.5) is 4.79 Å². The Morgan fingerprint density at radius 3 is 1.43 bits per heavy atom. The van der Waals surface area contributed by atoms with E-state index in [1.165, 1.54) is 64.2 Å². The Balaban J connectivity index is 2.65. The molecule has 10 heteroatoms. The normalized spacial score (nSPS) is 14.0. The lowest BCUT2D eigenvalue weighted by atomic mass is 9.83. The molecule has 1 N–H and O–H groups in total. The van der Waals surface area contributed by atoms with E-state index in [0.717, 1.165) is 135 Å². The molecule has 1 fully saturated rings. The summed E-state index contributed by atoms with van der Waals surface area (Å²) in [4.78, 5) is 54.8. The van der Waals surface area contributed by atoms with Gasteiger partial charge in [-0.05, 0) is 130 Å². The largest absolute Gasteiger partial charge is 0.465 e. The average molecular weight is 955 g/mol. The van der Waals surface area contributed by atoms with E-state index in [2.05, 4.69) is 79.6 Å². The van der Waals surface area contributed by atoms with Gasteiger partial charge in [0.05, 0.1) is 11.3 Å². The second-order valence-electron chi connectivity index (χ2n) is 19.7. The first-order chi connectivity index (χ1) is 33.1. The van der Waals surface area contributed by atoms with Gasteiger partial charge in [-0.1, -0.05) is 153 Å². The van der Waals surface area contributed by atoms with Gasteiger partial charge < -0.3 is 29.2 Å². The molecule has 0 spiro atoms. The van der Waals surface area contributed by atoms with Crippen molar-refractivity contribution in [1.82, 2.24) is 10.2 Å². The highest BCUT2D eigenvalue weighted by atomic mass is 16.6. The molecule has 0 aromatic carbocycles. The van der Waals surface area contributed by atoms with Crippen molar-refractivity contribution in [3.05, 3.63) is 48.6 Å². The number of amides is 1. The van der Waals surface area contributed by atoms with Crippen molar-refractivity contribution in [2.45, 2.75) is 240 Å². The highest BCUT2D eigenvalue weighted by Gasteiger charge is 2.41. The van der Waals surface area contributed by atoms with Gasteiger partial charge in [-0.3, -0.25) is 14.4 Å². The minimum atomic E-state index is -1.14. The highest BCUT2D eigenvalue weighted by Crippen LogP contribution is 2.30. The molecule has 1 atom stereocenters. The lowest BCUT2D eigenvalue weighted by Gasteiger charge is -2.32. The Hall–Kier alpha value is -3.40. The van der Waals surface area contributed by atoms with E-state index in [1.807, 2.05) is 0 Å². The Bertz CT molecular complexity index is 1310. The smallest absolute Gasteiger partial charge is 0.407 e. The third kappa shape index (κ3) is 36.6. The van der Waals surface area contributed by atoms with E-state index >= 15 is 0 Å². The van der Waals surface area contributed by atoms with Gasteiger partial charge >= 0.3 is 24.0 Å². The third-order valence-corrected chi connectivity index (χ3v) is 12.9. The van der Waals surface area contributed by atoms with Gasteiger partial charge in [0.2, 0.25) is 0 Å². The van der Waals surface area contributed by atoms with E-state index in [1.54, 1.807) is 13.8 Å².